The molecule has 1 aliphatic carbocycles. The van der Waals surface area contributed by atoms with Gasteiger partial charge in [0.15, 0.2) is 0 Å². The largest absolute Gasteiger partial charge is 0.316 e. The Bertz CT molecular complexity index is 396. The lowest BCUT2D eigenvalue weighted by Crippen LogP contribution is -2.31. The maximum absolute atomic E-state index is 6.12. The third kappa shape index (κ3) is 5.10. The predicted molar refractivity (Wildman–Crippen MR) is 88.3 cm³/mol. The van der Waals surface area contributed by atoms with Crippen molar-refractivity contribution in [3.63, 3.8) is 0 Å². The molecule has 20 heavy (non-hydrogen) atoms. The maximum atomic E-state index is 6.12. The van der Waals surface area contributed by atoms with E-state index in [1.54, 1.807) is 0 Å². The van der Waals surface area contributed by atoms with Crippen LogP contribution in [0.15, 0.2) is 24.3 Å². The van der Waals surface area contributed by atoms with Crippen molar-refractivity contribution < 1.29 is 0 Å². The third-order valence-corrected chi connectivity index (χ3v) is 4.65. The molecule has 1 atom stereocenters. The van der Waals surface area contributed by atoms with Crippen LogP contribution in [0, 0.1) is 17.8 Å². The molecular weight excluding hydrogens is 266 g/mol. The standard InChI is InChI=1S/C18H28ClN/c1-14(2)12-20-13-17(16-7-3-4-8-16)10-15-6-5-9-18(19)11-15/h5-6,9,11,14,16-17,20H,3-4,7-8,10,12-13H2,1-2H3. The molecule has 1 aliphatic rings. The Labute approximate surface area is 129 Å². The summed E-state index contributed by atoms with van der Waals surface area (Å²) in [5.41, 5.74) is 1.39. The molecule has 0 bridgehead atoms. The fraction of sp³-hybridized carbons (Fsp3) is 0.667. The second-order valence-electron chi connectivity index (χ2n) is 6.69. The van der Waals surface area contributed by atoms with E-state index in [0.717, 1.165) is 42.3 Å². The second-order valence-corrected chi connectivity index (χ2v) is 7.13. The molecule has 0 amide bonds. The smallest absolute Gasteiger partial charge is 0.0408 e. The van der Waals surface area contributed by atoms with Crippen molar-refractivity contribution in [3.8, 4) is 0 Å². The molecule has 1 unspecified atom stereocenters. The first-order valence-electron chi connectivity index (χ1n) is 8.10. The minimum absolute atomic E-state index is 0.727. The van der Waals surface area contributed by atoms with E-state index in [1.807, 2.05) is 6.07 Å². The Hall–Kier alpha value is -0.530. The molecule has 0 spiro atoms. The maximum Gasteiger partial charge on any atom is 0.0408 e. The predicted octanol–water partition coefficient (Wildman–Crippen LogP) is 4.93. The van der Waals surface area contributed by atoms with Crippen molar-refractivity contribution in [1.82, 2.24) is 5.32 Å². The molecule has 2 rings (SSSR count). The number of hydrogen-bond donors (Lipinski definition) is 1. The SMILES string of the molecule is CC(C)CNCC(Cc1cccc(Cl)c1)C1CCCC1. The van der Waals surface area contributed by atoms with Crippen LogP contribution in [0.4, 0.5) is 0 Å². The average Bonchev–Trinajstić information content (AvgIpc) is 2.91. The van der Waals surface area contributed by atoms with Gasteiger partial charge in [-0.2, -0.15) is 0 Å². The van der Waals surface area contributed by atoms with Gasteiger partial charge >= 0.3 is 0 Å². The normalized spacial score (nSPS) is 17.8. The molecule has 0 radical (unpaired) electrons. The van der Waals surface area contributed by atoms with Gasteiger partial charge < -0.3 is 5.32 Å². The summed E-state index contributed by atoms with van der Waals surface area (Å²) in [4.78, 5) is 0. The van der Waals surface area contributed by atoms with E-state index in [2.05, 4.69) is 37.4 Å². The second kappa shape index (κ2) is 8.05. The summed E-state index contributed by atoms with van der Waals surface area (Å²) in [7, 11) is 0. The molecule has 0 aliphatic heterocycles. The van der Waals surface area contributed by atoms with Crippen molar-refractivity contribution in [2.24, 2.45) is 17.8 Å². The lowest BCUT2D eigenvalue weighted by molar-refractivity contribution is 0.316. The first-order chi connectivity index (χ1) is 9.65. The molecule has 0 heterocycles. The Morgan fingerprint density at radius 2 is 1.95 bits per heavy atom. The van der Waals surface area contributed by atoms with Crippen LogP contribution in [-0.4, -0.2) is 13.1 Å². The van der Waals surface area contributed by atoms with Crippen LogP contribution in [0.3, 0.4) is 0 Å². The molecule has 112 valence electrons. The van der Waals surface area contributed by atoms with Crippen LogP contribution in [-0.2, 0) is 6.42 Å². The van der Waals surface area contributed by atoms with Gasteiger partial charge in [0.1, 0.15) is 0 Å². The topological polar surface area (TPSA) is 12.0 Å². The minimum Gasteiger partial charge on any atom is -0.316 e. The zero-order chi connectivity index (χ0) is 14.4. The summed E-state index contributed by atoms with van der Waals surface area (Å²) in [6.07, 6.45) is 6.82. The van der Waals surface area contributed by atoms with Crippen LogP contribution in [0.2, 0.25) is 5.02 Å². The van der Waals surface area contributed by atoms with E-state index >= 15 is 0 Å². The Morgan fingerprint density at radius 3 is 2.60 bits per heavy atom. The van der Waals surface area contributed by atoms with E-state index in [0.29, 0.717) is 0 Å². The van der Waals surface area contributed by atoms with Crippen molar-refractivity contribution in [1.29, 1.82) is 0 Å². The van der Waals surface area contributed by atoms with Crippen LogP contribution in [0.1, 0.15) is 45.1 Å². The zero-order valence-corrected chi connectivity index (χ0v) is 13.6. The fourth-order valence-electron chi connectivity index (χ4n) is 3.36. The number of halogens is 1. The number of hydrogen-bond acceptors (Lipinski definition) is 1. The minimum atomic E-state index is 0.727. The fourth-order valence-corrected chi connectivity index (χ4v) is 3.57. The van der Waals surface area contributed by atoms with Gasteiger partial charge in [-0.15, -0.1) is 0 Å². The van der Waals surface area contributed by atoms with E-state index in [9.17, 15) is 0 Å². The molecule has 1 aromatic rings. The number of nitrogens with one attached hydrogen (secondary N) is 1. The molecule has 1 nitrogen and oxygen atoms in total. The highest BCUT2D eigenvalue weighted by atomic mass is 35.5. The van der Waals surface area contributed by atoms with Crippen molar-refractivity contribution >= 4 is 11.6 Å². The van der Waals surface area contributed by atoms with Crippen LogP contribution in [0.5, 0.6) is 0 Å². The molecule has 1 aromatic carbocycles. The number of benzene rings is 1. The summed E-state index contributed by atoms with van der Waals surface area (Å²) in [5.74, 6) is 2.38. The van der Waals surface area contributed by atoms with Gasteiger partial charge in [0.05, 0.1) is 0 Å². The Kier molecular flexibility index (Phi) is 6.38. The molecule has 0 aromatic heterocycles. The van der Waals surface area contributed by atoms with E-state index in [4.69, 9.17) is 11.6 Å². The molecule has 0 saturated heterocycles. The highest BCUT2D eigenvalue weighted by Crippen LogP contribution is 2.33. The van der Waals surface area contributed by atoms with Gasteiger partial charge in [0.25, 0.3) is 0 Å². The van der Waals surface area contributed by atoms with Crippen LogP contribution < -0.4 is 5.32 Å². The summed E-state index contributed by atoms with van der Waals surface area (Å²) in [6.45, 7) is 6.82. The van der Waals surface area contributed by atoms with Gasteiger partial charge in [-0.3, -0.25) is 0 Å². The average molecular weight is 294 g/mol. The third-order valence-electron chi connectivity index (χ3n) is 4.41. The summed E-state index contributed by atoms with van der Waals surface area (Å²) in [6, 6.07) is 8.39. The van der Waals surface area contributed by atoms with Gasteiger partial charge in [0, 0.05) is 5.02 Å². The molecule has 1 fully saturated rings. The Balaban J connectivity index is 1.94. The van der Waals surface area contributed by atoms with Gasteiger partial charge in [-0.25, -0.2) is 0 Å². The van der Waals surface area contributed by atoms with Crippen LogP contribution in [0.25, 0.3) is 0 Å². The van der Waals surface area contributed by atoms with Gasteiger partial charge in [-0.1, -0.05) is 63.3 Å². The summed E-state index contributed by atoms with van der Waals surface area (Å²) >= 11 is 6.12. The van der Waals surface area contributed by atoms with E-state index < -0.39 is 0 Å². The highest BCUT2D eigenvalue weighted by molar-refractivity contribution is 6.30. The van der Waals surface area contributed by atoms with Gasteiger partial charge in [0.2, 0.25) is 0 Å². The lowest BCUT2D eigenvalue weighted by atomic mass is 9.85. The first kappa shape index (κ1) is 15.9. The Morgan fingerprint density at radius 1 is 1.20 bits per heavy atom. The van der Waals surface area contributed by atoms with Crippen LogP contribution >= 0.6 is 11.6 Å². The monoisotopic (exact) mass is 293 g/mol. The molecule has 1 N–H and O–H groups in total. The quantitative estimate of drug-likeness (QED) is 0.751. The van der Waals surface area contributed by atoms with Crippen molar-refractivity contribution in [2.45, 2.75) is 46.0 Å². The number of rotatable bonds is 7. The molecule has 2 heteroatoms. The zero-order valence-electron chi connectivity index (χ0n) is 12.9. The summed E-state index contributed by atoms with van der Waals surface area (Å²) < 4.78 is 0. The molecule has 1 saturated carbocycles. The van der Waals surface area contributed by atoms with Gasteiger partial charge in [-0.05, 0) is 55.0 Å². The van der Waals surface area contributed by atoms with E-state index in [-0.39, 0.29) is 0 Å². The summed E-state index contributed by atoms with van der Waals surface area (Å²) in [5, 5.41) is 4.53. The van der Waals surface area contributed by atoms with Crippen molar-refractivity contribution in [3.05, 3.63) is 34.9 Å². The van der Waals surface area contributed by atoms with Crippen molar-refractivity contribution in [2.75, 3.05) is 13.1 Å². The highest BCUT2D eigenvalue weighted by Gasteiger charge is 2.25. The lowest BCUT2D eigenvalue weighted by Gasteiger charge is -2.24. The molecular formula is C18H28ClN. The first-order valence-corrected chi connectivity index (χ1v) is 8.48. The van der Waals surface area contributed by atoms with E-state index in [1.165, 1.54) is 31.2 Å².